The molecule has 3 aliphatic rings. The first kappa shape index (κ1) is 24.2. The van der Waals surface area contributed by atoms with Gasteiger partial charge in [0.05, 0.1) is 18.0 Å². The highest BCUT2D eigenvalue weighted by atomic mass is 16.3. The molecule has 5 rings (SSSR count). The molecule has 8 heteroatoms. The normalized spacial score (nSPS) is 24.5. The standard InChI is InChI=1S/C27H38N6O2/c28-26-25(27(35)30-21-7-9-23(34)10-8-21)31-24(17-29-26)20-5-3-19(4-6-20)18-32-15-11-22(12-16-32)33-13-1-2-14-33/h3-6,17,21-23,34H,1-2,7-16,18H2,(H2,28,29)(H,30,35). The molecule has 2 aromatic rings. The number of nitrogens with zero attached hydrogens (tertiary/aromatic N) is 4. The Hall–Kier alpha value is -2.55. The van der Waals surface area contributed by atoms with E-state index in [2.05, 4.69) is 49.4 Å². The predicted octanol–water partition coefficient (Wildman–Crippen LogP) is 2.82. The van der Waals surface area contributed by atoms with Gasteiger partial charge in [0.1, 0.15) is 0 Å². The summed E-state index contributed by atoms with van der Waals surface area (Å²) in [4.78, 5) is 26.8. The number of aliphatic hydroxyl groups is 1. The maximum absolute atomic E-state index is 12.8. The molecule has 1 aromatic carbocycles. The monoisotopic (exact) mass is 478 g/mol. The zero-order valence-corrected chi connectivity index (χ0v) is 20.5. The number of rotatable bonds is 6. The first-order valence-corrected chi connectivity index (χ1v) is 13.2. The van der Waals surface area contributed by atoms with Crippen molar-refractivity contribution < 1.29 is 9.90 Å². The number of amides is 1. The van der Waals surface area contributed by atoms with Crippen LogP contribution in [-0.4, -0.2) is 75.1 Å². The molecule has 0 radical (unpaired) electrons. The third-order valence-corrected chi connectivity index (χ3v) is 7.92. The molecule has 188 valence electrons. The molecule has 1 amide bonds. The number of piperidine rings is 1. The van der Waals surface area contributed by atoms with Crippen molar-refractivity contribution in [2.75, 3.05) is 31.9 Å². The fraction of sp³-hybridized carbons (Fsp3) is 0.593. The molecular weight excluding hydrogens is 440 g/mol. The minimum absolute atomic E-state index is 0.0375. The number of carbonyl (C=O) groups is 1. The van der Waals surface area contributed by atoms with E-state index in [1.807, 2.05) is 0 Å². The van der Waals surface area contributed by atoms with Crippen LogP contribution in [0.1, 0.15) is 67.4 Å². The van der Waals surface area contributed by atoms with E-state index in [9.17, 15) is 9.90 Å². The number of nitrogens with one attached hydrogen (secondary N) is 1. The van der Waals surface area contributed by atoms with Gasteiger partial charge in [0, 0.05) is 24.2 Å². The topological polar surface area (TPSA) is 108 Å². The molecule has 3 fully saturated rings. The van der Waals surface area contributed by atoms with Gasteiger partial charge in [0.15, 0.2) is 11.5 Å². The summed E-state index contributed by atoms with van der Waals surface area (Å²) in [5.41, 5.74) is 9.00. The van der Waals surface area contributed by atoms with Crippen LogP contribution in [-0.2, 0) is 6.54 Å². The van der Waals surface area contributed by atoms with E-state index in [4.69, 9.17) is 5.73 Å². The number of benzene rings is 1. The fourth-order valence-corrected chi connectivity index (χ4v) is 5.77. The third kappa shape index (κ3) is 6.00. The summed E-state index contributed by atoms with van der Waals surface area (Å²) in [6.07, 6.45) is 9.56. The number of hydrogen-bond donors (Lipinski definition) is 3. The summed E-state index contributed by atoms with van der Waals surface area (Å²) in [5, 5.41) is 12.7. The summed E-state index contributed by atoms with van der Waals surface area (Å²) >= 11 is 0. The largest absolute Gasteiger partial charge is 0.393 e. The molecule has 2 saturated heterocycles. The summed E-state index contributed by atoms with van der Waals surface area (Å²) in [6.45, 7) is 5.85. The van der Waals surface area contributed by atoms with Gasteiger partial charge in [-0.2, -0.15) is 0 Å². The summed E-state index contributed by atoms with van der Waals surface area (Å²) < 4.78 is 0. The van der Waals surface area contributed by atoms with Gasteiger partial charge >= 0.3 is 0 Å². The number of aromatic nitrogens is 2. The van der Waals surface area contributed by atoms with Crippen LogP contribution in [0.15, 0.2) is 30.5 Å². The second-order valence-corrected chi connectivity index (χ2v) is 10.4. The Morgan fingerprint density at radius 1 is 1.00 bits per heavy atom. The first-order valence-electron chi connectivity index (χ1n) is 13.2. The summed E-state index contributed by atoms with van der Waals surface area (Å²) in [5.74, 6) is -0.164. The van der Waals surface area contributed by atoms with E-state index in [1.165, 1.54) is 44.3 Å². The highest BCUT2D eigenvalue weighted by molar-refractivity contribution is 5.97. The Balaban J connectivity index is 1.18. The van der Waals surface area contributed by atoms with Crippen molar-refractivity contribution in [1.82, 2.24) is 25.1 Å². The Morgan fingerprint density at radius 3 is 2.37 bits per heavy atom. The molecule has 1 saturated carbocycles. The van der Waals surface area contributed by atoms with E-state index >= 15 is 0 Å². The Bertz CT molecular complexity index is 991. The van der Waals surface area contributed by atoms with E-state index in [1.54, 1.807) is 6.20 Å². The smallest absolute Gasteiger partial charge is 0.273 e. The molecular formula is C27H38N6O2. The minimum Gasteiger partial charge on any atom is -0.393 e. The number of anilines is 1. The molecule has 0 spiro atoms. The number of likely N-dealkylation sites (tertiary alicyclic amines) is 2. The molecule has 1 aromatic heterocycles. The molecule has 0 bridgehead atoms. The SMILES string of the molecule is Nc1ncc(-c2ccc(CN3CCC(N4CCCC4)CC3)cc2)nc1C(=O)NC1CCC(O)CC1. The fourth-order valence-electron chi connectivity index (χ4n) is 5.77. The van der Waals surface area contributed by atoms with Gasteiger partial charge in [-0.25, -0.2) is 9.97 Å². The van der Waals surface area contributed by atoms with Crippen molar-refractivity contribution in [2.45, 2.75) is 76.1 Å². The van der Waals surface area contributed by atoms with Gasteiger partial charge in [0.2, 0.25) is 0 Å². The van der Waals surface area contributed by atoms with E-state index < -0.39 is 0 Å². The van der Waals surface area contributed by atoms with Crippen LogP contribution in [0.5, 0.6) is 0 Å². The van der Waals surface area contributed by atoms with E-state index in [-0.39, 0.29) is 29.6 Å². The van der Waals surface area contributed by atoms with Crippen LogP contribution in [0.4, 0.5) is 5.82 Å². The lowest BCUT2D eigenvalue weighted by atomic mass is 9.93. The minimum atomic E-state index is -0.299. The zero-order valence-electron chi connectivity index (χ0n) is 20.5. The lowest BCUT2D eigenvalue weighted by Gasteiger charge is -2.36. The molecule has 2 aliphatic heterocycles. The zero-order chi connectivity index (χ0) is 24.2. The number of nitrogens with two attached hydrogens (primary N) is 1. The Labute approximate surface area is 207 Å². The Kier molecular flexibility index (Phi) is 7.60. The lowest BCUT2D eigenvalue weighted by molar-refractivity contribution is 0.0864. The van der Waals surface area contributed by atoms with Gasteiger partial charge in [-0.05, 0) is 83.1 Å². The van der Waals surface area contributed by atoms with Gasteiger partial charge < -0.3 is 21.1 Å². The highest BCUT2D eigenvalue weighted by Gasteiger charge is 2.26. The van der Waals surface area contributed by atoms with Crippen LogP contribution in [0, 0.1) is 0 Å². The second kappa shape index (κ2) is 11.0. The molecule has 0 atom stereocenters. The van der Waals surface area contributed by atoms with Crippen molar-refractivity contribution in [2.24, 2.45) is 0 Å². The van der Waals surface area contributed by atoms with Gasteiger partial charge in [-0.3, -0.25) is 9.69 Å². The molecule has 0 unspecified atom stereocenters. The summed E-state index contributed by atoms with van der Waals surface area (Å²) in [7, 11) is 0. The van der Waals surface area contributed by atoms with E-state index in [0.29, 0.717) is 18.5 Å². The maximum atomic E-state index is 12.8. The summed E-state index contributed by atoms with van der Waals surface area (Å²) in [6, 6.07) is 9.21. The number of hydrogen-bond acceptors (Lipinski definition) is 7. The molecule has 8 nitrogen and oxygen atoms in total. The molecule has 4 N–H and O–H groups in total. The van der Waals surface area contributed by atoms with Crippen LogP contribution in [0.3, 0.4) is 0 Å². The highest BCUT2D eigenvalue weighted by Crippen LogP contribution is 2.24. The third-order valence-electron chi connectivity index (χ3n) is 7.92. The van der Waals surface area contributed by atoms with Crippen LogP contribution in [0.2, 0.25) is 0 Å². The average molecular weight is 479 g/mol. The quantitative estimate of drug-likeness (QED) is 0.586. The van der Waals surface area contributed by atoms with Crippen molar-refractivity contribution >= 4 is 11.7 Å². The van der Waals surface area contributed by atoms with Crippen molar-refractivity contribution in [3.05, 3.63) is 41.7 Å². The number of carbonyl (C=O) groups excluding carboxylic acids is 1. The van der Waals surface area contributed by atoms with Gasteiger partial charge in [0.25, 0.3) is 5.91 Å². The van der Waals surface area contributed by atoms with Gasteiger partial charge in [-0.1, -0.05) is 24.3 Å². The van der Waals surface area contributed by atoms with Gasteiger partial charge in [-0.15, -0.1) is 0 Å². The van der Waals surface area contributed by atoms with Crippen molar-refractivity contribution in [3.63, 3.8) is 0 Å². The first-order chi connectivity index (χ1) is 17.0. The number of aliphatic hydroxyl groups excluding tert-OH is 1. The van der Waals surface area contributed by atoms with E-state index in [0.717, 1.165) is 44.1 Å². The lowest BCUT2D eigenvalue weighted by Crippen LogP contribution is -2.43. The van der Waals surface area contributed by atoms with Crippen LogP contribution >= 0.6 is 0 Å². The molecule has 3 heterocycles. The van der Waals surface area contributed by atoms with Crippen LogP contribution in [0.25, 0.3) is 11.3 Å². The second-order valence-electron chi connectivity index (χ2n) is 10.4. The molecule has 35 heavy (non-hydrogen) atoms. The van der Waals surface area contributed by atoms with Crippen LogP contribution < -0.4 is 11.1 Å². The molecule has 1 aliphatic carbocycles. The van der Waals surface area contributed by atoms with Crippen molar-refractivity contribution in [3.8, 4) is 11.3 Å². The Morgan fingerprint density at radius 2 is 1.69 bits per heavy atom. The van der Waals surface area contributed by atoms with Crippen molar-refractivity contribution in [1.29, 1.82) is 0 Å². The average Bonchev–Trinajstić information content (AvgIpc) is 3.42. The maximum Gasteiger partial charge on any atom is 0.273 e. The number of nitrogen functional groups attached to an aromatic ring is 1. The predicted molar refractivity (Wildman–Crippen MR) is 137 cm³/mol.